The molecule has 0 saturated heterocycles. The Hall–Kier alpha value is -5.29. The normalized spacial score (nSPS) is 11.9. The predicted molar refractivity (Wildman–Crippen MR) is 178 cm³/mol. The van der Waals surface area contributed by atoms with Crippen molar-refractivity contribution in [2.75, 3.05) is 0 Å². The van der Waals surface area contributed by atoms with Crippen molar-refractivity contribution in [3.8, 4) is 0 Å². The summed E-state index contributed by atoms with van der Waals surface area (Å²) in [5, 5.41) is 0. The standard InChI is InChI=1S/C24BF20.C12H10Cl3N2/c26-5-1(6(27)14(35)21(42)13(5)34)25(2-7(28)15(36)22(43)16(37)8(2)29,3-9(30)17(38)23(44)18(39)10(3)31)4-11(32)19(40)24(45)20(41)12(4)33;13-12(14,15)11-8-16-6-7-17(11)9-10-4-2-1-3-5-10/h;1-8H,9H2/q-1;+1. The lowest BCUT2D eigenvalue weighted by Gasteiger charge is -2.44. The fourth-order valence-electron chi connectivity index (χ4n) is 6.42. The summed E-state index contributed by atoms with van der Waals surface area (Å²) in [6.07, 6.45) is -2.19. The van der Waals surface area contributed by atoms with E-state index in [9.17, 15) is 52.7 Å². The van der Waals surface area contributed by atoms with E-state index in [1.165, 1.54) is 0 Å². The van der Waals surface area contributed by atoms with Crippen LogP contribution in [0.5, 0.6) is 0 Å². The van der Waals surface area contributed by atoms with Crippen molar-refractivity contribution in [2.24, 2.45) is 0 Å². The van der Waals surface area contributed by atoms with E-state index in [2.05, 4.69) is 4.98 Å². The van der Waals surface area contributed by atoms with E-state index in [1.807, 2.05) is 34.9 Å². The van der Waals surface area contributed by atoms with Gasteiger partial charge < -0.3 is 0 Å². The van der Waals surface area contributed by atoms with E-state index in [0.29, 0.717) is 12.2 Å². The van der Waals surface area contributed by atoms with Gasteiger partial charge in [-0.2, -0.15) is 4.57 Å². The van der Waals surface area contributed by atoms with Crippen molar-refractivity contribution < 1.29 is 92.4 Å². The van der Waals surface area contributed by atoms with Crippen LogP contribution in [0.25, 0.3) is 0 Å². The van der Waals surface area contributed by atoms with Crippen LogP contribution >= 0.6 is 34.8 Å². The minimum absolute atomic E-state index is 0.550. The topological polar surface area (TPSA) is 16.8 Å². The van der Waals surface area contributed by atoms with Crippen LogP contribution in [-0.2, 0) is 10.3 Å². The quantitative estimate of drug-likeness (QED) is 0.0407. The van der Waals surface area contributed by atoms with Crippen molar-refractivity contribution in [1.82, 2.24) is 4.98 Å². The third-order valence-corrected chi connectivity index (χ3v) is 9.61. The first kappa shape index (κ1) is 47.8. The van der Waals surface area contributed by atoms with Crippen molar-refractivity contribution in [3.05, 3.63) is 177 Å². The summed E-state index contributed by atoms with van der Waals surface area (Å²) in [6.45, 7) is 0.645. The van der Waals surface area contributed by atoms with Crippen LogP contribution in [0.3, 0.4) is 0 Å². The van der Waals surface area contributed by atoms with Crippen LogP contribution in [0.15, 0.2) is 48.9 Å². The van der Waals surface area contributed by atoms with Gasteiger partial charge >= 0.3 is 0 Å². The first-order valence-electron chi connectivity index (χ1n) is 16.0. The van der Waals surface area contributed by atoms with E-state index < -0.39 is 148 Å². The Labute approximate surface area is 346 Å². The van der Waals surface area contributed by atoms with E-state index >= 15 is 35.1 Å². The van der Waals surface area contributed by atoms with Crippen LogP contribution in [-0.4, -0.2) is 11.1 Å². The highest BCUT2D eigenvalue weighted by Gasteiger charge is 2.52. The molecule has 0 N–H and O–H groups in total. The molecule has 0 aliphatic heterocycles. The fourth-order valence-corrected chi connectivity index (χ4v) is 6.89. The molecule has 1 heterocycles. The Morgan fingerprint density at radius 2 is 0.661 bits per heavy atom. The van der Waals surface area contributed by atoms with Crippen molar-refractivity contribution in [3.63, 3.8) is 0 Å². The molecule has 0 fully saturated rings. The molecule has 0 unspecified atom stereocenters. The number of benzene rings is 5. The average molecular weight is 968 g/mol. The Morgan fingerprint density at radius 1 is 0.403 bits per heavy atom. The number of halogens is 23. The van der Waals surface area contributed by atoms with Gasteiger partial charge in [-0.3, -0.25) is 4.98 Å². The van der Waals surface area contributed by atoms with E-state index in [-0.39, 0.29) is 0 Å². The molecule has 0 aliphatic rings. The average Bonchev–Trinajstić information content (AvgIpc) is 3.24. The van der Waals surface area contributed by atoms with E-state index in [4.69, 9.17) is 34.8 Å². The van der Waals surface area contributed by atoms with Gasteiger partial charge in [0.15, 0.2) is 82.5 Å². The second kappa shape index (κ2) is 17.5. The molecule has 26 heteroatoms. The first-order chi connectivity index (χ1) is 28.8. The smallest absolute Gasteiger partial charge is 0.252 e. The summed E-state index contributed by atoms with van der Waals surface area (Å²) >= 11 is 17.7. The number of hydrogen-bond acceptors (Lipinski definition) is 1. The maximum atomic E-state index is 15.4. The fraction of sp³-hybridized carbons (Fsp3) is 0.0556. The molecule has 328 valence electrons. The lowest BCUT2D eigenvalue weighted by Crippen LogP contribution is -2.81. The van der Waals surface area contributed by atoms with Crippen LogP contribution < -0.4 is 26.4 Å². The van der Waals surface area contributed by atoms with Gasteiger partial charge in [-0.05, 0) is 0 Å². The molecular formula is C36H10BCl3F20N2. The second-order valence-corrected chi connectivity index (χ2v) is 14.7. The Balaban J connectivity index is 0.000000355. The Kier molecular flexibility index (Phi) is 13.5. The summed E-state index contributed by atoms with van der Waals surface area (Å²) in [6, 6.07) is 9.97. The highest BCUT2D eigenvalue weighted by atomic mass is 35.6. The van der Waals surface area contributed by atoms with Gasteiger partial charge in [0, 0.05) is 5.56 Å². The number of aromatic nitrogens is 2. The van der Waals surface area contributed by atoms with E-state index in [1.54, 1.807) is 18.6 Å². The molecule has 2 nitrogen and oxygen atoms in total. The zero-order valence-corrected chi connectivity index (χ0v) is 31.3. The van der Waals surface area contributed by atoms with Crippen molar-refractivity contribution in [2.45, 2.75) is 10.3 Å². The molecule has 0 spiro atoms. The van der Waals surface area contributed by atoms with Gasteiger partial charge in [0.25, 0.3) is 9.49 Å². The molecule has 6 aromatic rings. The van der Waals surface area contributed by atoms with Crippen LogP contribution in [0.1, 0.15) is 11.3 Å². The maximum absolute atomic E-state index is 15.4. The number of alkyl halides is 3. The molecule has 0 atom stereocenters. The summed E-state index contributed by atoms with van der Waals surface area (Å²) in [7, 11) is 0. The molecule has 62 heavy (non-hydrogen) atoms. The lowest BCUT2D eigenvalue weighted by atomic mass is 9.12. The van der Waals surface area contributed by atoms with Crippen LogP contribution in [0, 0.1) is 116 Å². The van der Waals surface area contributed by atoms with Gasteiger partial charge in [0.2, 0.25) is 0 Å². The van der Waals surface area contributed by atoms with Gasteiger partial charge in [-0.15, -0.1) is 21.9 Å². The second-order valence-electron chi connectivity index (χ2n) is 12.4. The zero-order chi connectivity index (χ0) is 46.7. The van der Waals surface area contributed by atoms with Gasteiger partial charge in [-0.25, -0.2) is 87.8 Å². The highest BCUT2D eigenvalue weighted by molar-refractivity contribution is 7.20. The highest BCUT2D eigenvalue weighted by Crippen LogP contribution is 2.36. The molecule has 0 saturated carbocycles. The summed E-state index contributed by atoms with van der Waals surface area (Å²) in [5.74, 6) is -71.4. The van der Waals surface area contributed by atoms with Crippen molar-refractivity contribution >= 4 is 62.8 Å². The monoisotopic (exact) mass is 966 g/mol. The molecule has 6 rings (SSSR count). The van der Waals surface area contributed by atoms with Crippen LogP contribution in [0.4, 0.5) is 87.8 Å². The number of nitrogens with zero attached hydrogens (tertiary/aromatic N) is 2. The third kappa shape index (κ3) is 7.64. The molecular weight excluding hydrogens is 958 g/mol. The molecule has 1 aromatic heterocycles. The molecule has 0 aliphatic carbocycles. The summed E-state index contributed by atoms with van der Waals surface area (Å²) in [4.78, 5) is 3.98. The largest absolute Gasteiger partial charge is 0.276 e. The maximum Gasteiger partial charge on any atom is 0.276 e. The Morgan fingerprint density at radius 3 is 0.919 bits per heavy atom. The molecule has 5 aromatic carbocycles. The lowest BCUT2D eigenvalue weighted by molar-refractivity contribution is -0.696. The first-order valence-corrected chi connectivity index (χ1v) is 17.1. The van der Waals surface area contributed by atoms with E-state index in [0.717, 1.165) is 5.56 Å². The van der Waals surface area contributed by atoms with Gasteiger partial charge in [0.05, 0.1) is 12.4 Å². The Bertz CT molecular complexity index is 2390. The van der Waals surface area contributed by atoms with Gasteiger partial charge in [0.1, 0.15) is 52.7 Å². The third-order valence-electron chi connectivity index (χ3n) is 9.03. The number of rotatable bonds is 6. The summed E-state index contributed by atoms with van der Waals surface area (Å²) in [5.41, 5.74) is -12.6. The van der Waals surface area contributed by atoms with Crippen molar-refractivity contribution in [1.29, 1.82) is 0 Å². The molecule has 0 bridgehead atoms. The molecule has 0 radical (unpaired) electrons. The van der Waals surface area contributed by atoms with Gasteiger partial charge in [-0.1, -0.05) is 65.1 Å². The molecule has 0 amide bonds. The summed E-state index contributed by atoms with van der Waals surface area (Å²) < 4.78 is 294. The minimum Gasteiger partial charge on any atom is -0.252 e. The SMILES string of the molecule is ClC(Cl)(Cl)c1cncc[n+]1Cc1ccccc1.Fc1c(F)c(F)c([B-](c2c(F)c(F)c(F)c(F)c2F)(c2c(F)c(F)c(F)c(F)c2F)c2c(F)c(F)c(F)c(F)c2F)c(F)c1F. The van der Waals surface area contributed by atoms with Crippen LogP contribution in [0.2, 0.25) is 0 Å². The zero-order valence-electron chi connectivity index (χ0n) is 29.0. The minimum atomic E-state index is -7.22. The predicted octanol–water partition coefficient (Wildman–Crippen LogP) is 9.09. The number of hydrogen-bond donors (Lipinski definition) is 0.